The molecule has 4 heterocycles. The summed E-state index contributed by atoms with van der Waals surface area (Å²) in [5, 5.41) is 30.0. The Morgan fingerprint density at radius 1 is 0.718 bits per heavy atom. The Bertz CT molecular complexity index is 2390. The van der Waals surface area contributed by atoms with Gasteiger partial charge in [0.15, 0.2) is 5.78 Å². The number of carboxylic acid groups (broad SMARTS) is 3. The first-order chi connectivity index (χ1) is 39.3. The number of aryl methyl sites for hydroxylation is 2. The summed E-state index contributed by atoms with van der Waals surface area (Å²) in [6.07, 6.45) is 4.75. The molecular weight excluding hydrogens is 1120 g/mol. The van der Waals surface area contributed by atoms with Crippen molar-refractivity contribution in [2.45, 2.75) is 142 Å². The van der Waals surface area contributed by atoms with Gasteiger partial charge in [0.2, 0.25) is 5.91 Å². The van der Waals surface area contributed by atoms with Crippen molar-refractivity contribution in [2.24, 2.45) is 28.2 Å². The van der Waals surface area contributed by atoms with Crippen molar-refractivity contribution in [2.75, 3.05) is 66.6 Å². The monoisotopic (exact) mass is 1220 g/mol. The number of hydrogen-bond donors (Lipinski definition) is 6. The van der Waals surface area contributed by atoms with E-state index in [1.54, 1.807) is 39.3 Å². The SMILES string of the molecule is CC(=O)C(C)(C)CC(=O)O.CC(=O)C1CCOC1.CC(=O)CC(C)(C)C(=O)O.CC(=O)CCC(=O)O.CC(=O)CCN.CC(=O)CN.CC(=O)N1CCN(C)CC1.CC(=O)c1csc(C)n1.CNC(=O)OCc1ccccc1.Cc1cccnc1. The smallest absolute Gasteiger partial charge is 0.407 e. The van der Waals surface area contributed by atoms with Crippen LogP contribution < -0.4 is 16.8 Å². The van der Waals surface area contributed by atoms with Crippen molar-refractivity contribution >= 4 is 81.7 Å². The molecule has 2 aromatic heterocycles. The molecule has 3 aromatic rings. The van der Waals surface area contributed by atoms with Gasteiger partial charge in [0, 0.05) is 102 Å². The van der Waals surface area contributed by atoms with Crippen LogP contribution in [0.4, 0.5) is 4.79 Å². The lowest BCUT2D eigenvalue weighted by molar-refractivity contribution is -0.149. The van der Waals surface area contributed by atoms with Gasteiger partial charge in [-0.15, -0.1) is 11.3 Å². The van der Waals surface area contributed by atoms with Gasteiger partial charge in [-0.3, -0.25) is 52.9 Å². The molecule has 0 spiro atoms. The number of carbonyl (C=O) groups excluding carboxylic acids is 9. The van der Waals surface area contributed by atoms with E-state index < -0.39 is 34.8 Å². The molecule has 480 valence electrons. The minimum Gasteiger partial charge on any atom is -0.481 e. The highest BCUT2D eigenvalue weighted by Crippen LogP contribution is 2.21. The van der Waals surface area contributed by atoms with E-state index in [0.717, 1.165) is 49.8 Å². The highest BCUT2D eigenvalue weighted by atomic mass is 32.1. The number of nitrogens with one attached hydrogen (secondary N) is 1. The number of aliphatic carboxylic acids is 3. The molecule has 8 N–H and O–H groups in total. The van der Waals surface area contributed by atoms with Crippen molar-refractivity contribution in [1.82, 2.24) is 25.1 Å². The molecule has 1 aromatic carbocycles. The molecule has 2 aliphatic rings. The second kappa shape index (κ2) is 51.1. The molecular formula is C60H97N7O17S. The van der Waals surface area contributed by atoms with E-state index in [1.165, 1.54) is 79.3 Å². The third kappa shape index (κ3) is 58.3. The van der Waals surface area contributed by atoms with Crippen molar-refractivity contribution in [1.29, 1.82) is 0 Å². The molecule has 2 amide bonds. The van der Waals surface area contributed by atoms with Gasteiger partial charge in [0.05, 0.1) is 36.4 Å². The fourth-order valence-electron chi connectivity index (χ4n) is 5.43. The van der Waals surface area contributed by atoms with E-state index in [0.29, 0.717) is 31.9 Å². The van der Waals surface area contributed by atoms with Gasteiger partial charge in [-0.25, -0.2) is 9.78 Å². The number of ether oxygens (including phenoxy) is 2. The summed E-state index contributed by atoms with van der Waals surface area (Å²) in [7, 11) is 3.62. The van der Waals surface area contributed by atoms with Crippen LogP contribution in [0.5, 0.6) is 0 Å². The first-order valence-electron chi connectivity index (χ1n) is 27.1. The summed E-state index contributed by atoms with van der Waals surface area (Å²) in [5.41, 5.74) is 11.0. The molecule has 85 heavy (non-hydrogen) atoms. The number of piperazine rings is 1. The number of hydrogen-bond acceptors (Lipinski definition) is 20. The second-order valence-corrected chi connectivity index (χ2v) is 21.5. The number of benzene rings is 1. The Labute approximate surface area is 506 Å². The number of nitrogens with zero attached hydrogens (tertiary/aromatic N) is 4. The molecule has 0 bridgehead atoms. The zero-order valence-electron chi connectivity index (χ0n) is 52.9. The molecule has 0 aliphatic carbocycles. The van der Waals surface area contributed by atoms with E-state index in [9.17, 15) is 57.5 Å². The number of Topliss-reactive ketones (excluding diaryl/α,β-unsaturated/α-hetero) is 7. The number of alkyl carbamates (subject to hydrolysis) is 1. The lowest BCUT2D eigenvalue weighted by Crippen LogP contribution is -2.46. The third-order valence-corrected chi connectivity index (χ3v) is 11.7. The van der Waals surface area contributed by atoms with Gasteiger partial charge in [-0.2, -0.15) is 0 Å². The predicted molar refractivity (Wildman–Crippen MR) is 326 cm³/mol. The number of rotatable bonds is 16. The number of nitrogens with two attached hydrogens (primary N) is 2. The average molecular weight is 1220 g/mol. The molecule has 2 aliphatic heterocycles. The zero-order chi connectivity index (χ0) is 66.9. The maximum Gasteiger partial charge on any atom is 0.407 e. The minimum atomic E-state index is -0.930. The Balaban J connectivity index is -0.000000281. The van der Waals surface area contributed by atoms with Gasteiger partial charge in [0.25, 0.3) is 0 Å². The molecule has 5 rings (SSSR count). The van der Waals surface area contributed by atoms with Crippen LogP contribution in [0.2, 0.25) is 0 Å². The van der Waals surface area contributed by atoms with Crippen LogP contribution in [0.15, 0.2) is 60.2 Å². The molecule has 1 unspecified atom stereocenters. The van der Waals surface area contributed by atoms with Crippen LogP contribution in [0.25, 0.3) is 0 Å². The fourth-order valence-corrected chi connectivity index (χ4v) is 6.08. The van der Waals surface area contributed by atoms with E-state index >= 15 is 0 Å². The van der Waals surface area contributed by atoms with E-state index in [2.05, 4.69) is 27.2 Å². The van der Waals surface area contributed by atoms with Crippen molar-refractivity contribution < 1.29 is 82.3 Å². The number of likely N-dealkylation sites (N-methyl/N-ethyl adjacent to an activating group) is 1. The quantitative estimate of drug-likeness (QED) is 0.0784. The molecule has 0 radical (unpaired) electrons. The first kappa shape index (κ1) is 86.5. The van der Waals surface area contributed by atoms with Crippen molar-refractivity contribution in [3.63, 3.8) is 0 Å². The lowest BCUT2D eigenvalue weighted by atomic mass is 9.85. The topological polar surface area (TPSA) is 380 Å². The standard InChI is InChI=1S/C9H11NO2.C7H14N2O.2C7H12O3.C6H7NOS.C6H7N.C6H10O2.C5H8O3.C4H9NO.C3H7NO/c1-10-9(11)12-7-8-5-3-2-4-6-8;1-7(10)9-5-3-8(2)4-6-9;1-5(8)7(2,3)4-6(9)10;1-5(8)4-7(2,3)6(9)10;1-4(8)6-3-9-5(2)7-6;1-6-3-2-4-7-5-6;1-5(7)6-2-3-8-4-6;1-4(6)2-3-5(7)8;1-4(6)2-3-5;1-3(5)2-4/h2-6H,7H2,1H3,(H,10,11);3-6H2,1-2H3;2*4H2,1-3H3,(H,9,10);3H,1-2H3;2-5H,1H3;6H,2-4H2,1H3;2-3H2,1H3,(H,7,8);2-3,5H2,1H3;2,4H2,1H3. The van der Waals surface area contributed by atoms with Gasteiger partial charge < -0.3 is 56.2 Å². The Hall–Kier alpha value is -7.32. The maximum absolute atomic E-state index is 10.8. The lowest BCUT2D eigenvalue weighted by Gasteiger charge is -2.31. The van der Waals surface area contributed by atoms with Crippen LogP contribution >= 0.6 is 11.3 Å². The Kier molecular flexibility index (Phi) is 52.0. The van der Waals surface area contributed by atoms with Gasteiger partial charge in [0.1, 0.15) is 47.0 Å². The summed E-state index contributed by atoms with van der Waals surface area (Å²) in [5.74, 6) is -2.12. The largest absolute Gasteiger partial charge is 0.481 e. The molecule has 2 saturated heterocycles. The summed E-state index contributed by atoms with van der Waals surface area (Å²) < 4.78 is 9.82. The second-order valence-electron chi connectivity index (χ2n) is 20.5. The number of carbonyl (C=O) groups is 12. The molecule has 24 nitrogen and oxygen atoms in total. The Morgan fingerprint density at radius 3 is 1.49 bits per heavy atom. The van der Waals surface area contributed by atoms with Gasteiger partial charge >= 0.3 is 24.0 Å². The Morgan fingerprint density at radius 2 is 1.26 bits per heavy atom. The fraction of sp³-hybridized carbons (Fsp3) is 0.567. The third-order valence-electron chi connectivity index (χ3n) is 11.0. The van der Waals surface area contributed by atoms with Crippen LogP contribution in [0, 0.1) is 30.6 Å². The molecule has 25 heteroatoms. The predicted octanol–water partition coefficient (Wildman–Crippen LogP) is 7.03. The van der Waals surface area contributed by atoms with E-state index in [-0.39, 0.29) is 84.5 Å². The van der Waals surface area contributed by atoms with Crippen molar-refractivity contribution in [3.8, 4) is 0 Å². The van der Waals surface area contributed by atoms with E-state index in [1.807, 2.05) is 67.4 Å². The number of pyridine rings is 1. The zero-order valence-corrected chi connectivity index (χ0v) is 53.7. The summed E-state index contributed by atoms with van der Waals surface area (Å²) in [4.78, 5) is 136. The van der Waals surface area contributed by atoms with Crippen molar-refractivity contribution in [3.05, 3.63) is 82.1 Å². The number of thiazole rings is 1. The van der Waals surface area contributed by atoms with Crippen LogP contribution in [-0.4, -0.2) is 172 Å². The van der Waals surface area contributed by atoms with Crippen LogP contribution in [0.3, 0.4) is 0 Å². The maximum atomic E-state index is 10.8. The minimum absolute atomic E-state index is 0.0324. The normalized spacial score (nSPS) is 12.6. The number of amides is 2. The van der Waals surface area contributed by atoms with Gasteiger partial charge in [-0.05, 0) is 106 Å². The summed E-state index contributed by atoms with van der Waals surface area (Å²) in [6, 6.07) is 13.5. The average Bonchev–Trinajstić information content (AvgIpc) is 4.13. The molecule has 0 saturated carbocycles. The number of carboxylic acids is 3. The van der Waals surface area contributed by atoms with Crippen LogP contribution in [-0.2, 0) is 64.0 Å². The summed E-state index contributed by atoms with van der Waals surface area (Å²) >= 11 is 1.50. The van der Waals surface area contributed by atoms with Crippen LogP contribution in [0.1, 0.15) is 148 Å². The number of aromatic nitrogens is 2. The summed E-state index contributed by atoms with van der Waals surface area (Å²) in [6.45, 7) is 28.4. The molecule has 1 atom stereocenters. The molecule has 2 fully saturated rings. The highest BCUT2D eigenvalue weighted by molar-refractivity contribution is 7.09. The first-order valence-corrected chi connectivity index (χ1v) is 28.0. The highest BCUT2D eigenvalue weighted by Gasteiger charge is 2.28. The van der Waals surface area contributed by atoms with E-state index in [4.69, 9.17) is 36.3 Å². The number of ketones is 7. The van der Waals surface area contributed by atoms with Gasteiger partial charge in [-0.1, -0.05) is 50.2 Å².